The molecule has 2 rings (SSSR count). The van der Waals surface area contributed by atoms with Crippen molar-refractivity contribution in [2.45, 2.75) is 20.3 Å². The van der Waals surface area contributed by atoms with Gasteiger partial charge in [-0.2, -0.15) is 0 Å². The number of hydrogen-bond acceptors (Lipinski definition) is 4. The Balaban J connectivity index is 1.82. The SMILES string of the molecule is CC(C)CNc1cc(NCCc2ccccc2)ncn1. The van der Waals surface area contributed by atoms with Crippen LogP contribution >= 0.6 is 0 Å². The first-order chi connectivity index (χ1) is 9.74. The third-order valence-corrected chi connectivity index (χ3v) is 2.92. The molecule has 0 fully saturated rings. The zero-order valence-electron chi connectivity index (χ0n) is 12.1. The lowest BCUT2D eigenvalue weighted by molar-refractivity contribution is 0.687. The highest BCUT2D eigenvalue weighted by Crippen LogP contribution is 2.09. The van der Waals surface area contributed by atoms with Crippen LogP contribution in [0.15, 0.2) is 42.7 Å². The van der Waals surface area contributed by atoms with Crippen molar-refractivity contribution in [3.05, 3.63) is 48.3 Å². The zero-order chi connectivity index (χ0) is 14.2. The molecule has 1 heterocycles. The normalized spacial score (nSPS) is 10.6. The summed E-state index contributed by atoms with van der Waals surface area (Å²) >= 11 is 0. The zero-order valence-corrected chi connectivity index (χ0v) is 12.1. The maximum atomic E-state index is 4.24. The monoisotopic (exact) mass is 270 g/mol. The minimum atomic E-state index is 0.597. The van der Waals surface area contributed by atoms with Crippen molar-refractivity contribution in [3.63, 3.8) is 0 Å². The van der Waals surface area contributed by atoms with E-state index < -0.39 is 0 Å². The van der Waals surface area contributed by atoms with Crippen molar-refractivity contribution in [3.8, 4) is 0 Å². The lowest BCUT2D eigenvalue weighted by Crippen LogP contribution is -2.11. The van der Waals surface area contributed by atoms with E-state index >= 15 is 0 Å². The first-order valence-electron chi connectivity index (χ1n) is 7.08. The van der Waals surface area contributed by atoms with Crippen LogP contribution in [0.25, 0.3) is 0 Å². The molecule has 0 aliphatic rings. The van der Waals surface area contributed by atoms with E-state index in [1.54, 1.807) is 6.33 Å². The molecule has 0 aliphatic heterocycles. The van der Waals surface area contributed by atoms with Gasteiger partial charge in [0.15, 0.2) is 0 Å². The Kier molecular flexibility index (Phi) is 5.35. The second kappa shape index (κ2) is 7.48. The summed E-state index contributed by atoms with van der Waals surface area (Å²) in [5.74, 6) is 2.33. The maximum absolute atomic E-state index is 4.24. The number of nitrogens with zero attached hydrogens (tertiary/aromatic N) is 2. The predicted octanol–water partition coefficient (Wildman–Crippen LogP) is 3.20. The third-order valence-electron chi connectivity index (χ3n) is 2.92. The van der Waals surface area contributed by atoms with E-state index in [4.69, 9.17) is 0 Å². The number of hydrogen-bond donors (Lipinski definition) is 2. The fraction of sp³-hybridized carbons (Fsp3) is 0.375. The molecule has 0 aliphatic carbocycles. The molecule has 0 spiro atoms. The minimum Gasteiger partial charge on any atom is -0.370 e. The molecule has 4 heteroatoms. The molecule has 0 saturated heterocycles. The smallest absolute Gasteiger partial charge is 0.131 e. The largest absolute Gasteiger partial charge is 0.370 e. The van der Waals surface area contributed by atoms with E-state index in [1.165, 1.54) is 5.56 Å². The highest BCUT2D eigenvalue weighted by Gasteiger charge is 1.99. The second-order valence-electron chi connectivity index (χ2n) is 5.23. The van der Waals surface area contributed by atoms with Gasteiger partial charge in [0, 0.05) is 19.2 Å². The van der Waals surface area contributed by atoms with E-state index in [1.807, 2.05) is 12.1 Å². The number of nitrogens with one attached hydrogen (secondary N) is 2. The molecule has 1 aromatic carbocycles. The molecule has 20 heavy (non-hydrogen) atoms. The van der Waals surface area contributed by atoms with Gasteiger partial charge >= 0.3 is 0 Å². The van der Waals surface area contributed by atoms with E-state index in [9.17, 15) is 0 Å². The van der Waals surface area contributed by atoms with Crippen LogP contribution in [0.5, 0.6) is 0 Å². The van der Waals surface area contributed by atoms with Crippen LogP contribution in [-0.4, -0.2) is 23.1 Å². The molecule has 1 aromatic heterocycles. The second-order valence-corrected chi connectivity index (χ2v) is 5.23. The Labute approximate surface area is 120 Å². The molecule has 0 saturated carbocycles. The molecule has 2 aromatic rings. The van der Waals surface area contributed by atoms with E-state index in [2.05, 4.69) is 58.7 Å². The van der Waals surface area contributed by atoms with Gasteiger partial charge in [-0.15, -0.1) is 0 Å². The first kappa shape index (κ1) is 14.3. The van der Waals surface area contributed by atoms with Crippen LogP contribution in [-0.2, 0) is 6.42 Å². The number of aromatic nitrogens is 2. The van der Waals surface area contributed by atoms with Gasteiger partial charge in [-0.05, 0) is 17.9 Å². The average Bonchev–Trinajstić information content (AvgIpc) is 2.47. The van der Waals surface area contributed by atoms with Gasteiger partial charge in [-0.25, -0.2) is 9.97 Å². The number of benzene rings is 1. The van der Waals surface area contributed by atoms with Gasteiger partial charge in [-0.3, -0.25) is 0 Å². The molecule has 106 valence electrons. The molecular formula is C16H22N4. The van der Waals surface area contributed by atoms with Crippen molar-refractivity contribution in [2.24, 2.45) is 5.92 Å². The summed E-state index contributed by atoms with van der Waals surface area (Å²) in [5, 5.41) is 6.63. The summed E-state index contributed by atoms with van der Waals surface area (Å²) < 4.78 is 0. The van der Waals surface area contributed by atoms with Crippen LogP contribution in [0.3, 0.4) is 0 Å². The van der Waals surface area contributed by atoms with Crippen molar-refractivity contribution >= 4 is 11.6 Å². The van der Waals surface area contributed by atoms with Crippen molar-refractivity contribution in [1.82, 2.24) is 9.97 Å². The van der Waals surface area contributed by atoms with Crippen LogP contribution in [0.1, 0.15) is 19.4 Å². The van der Waals surface area contributed by atoms with Crippen LogP contribution in [0, 0.1) is 5.92 Å². The molecule has 2 N–H and O–H groups in total. The summed E-state index contributed by atoms with van der Waals surface area (Å²) in [6.45, 7) is 6.13. The minimum absolute atomic E-state index is 0.597. The number of rotatable bonds is 7. The quantitative estimate of drug-likeness (QED) is 0.811. The summed E-state index contributed by atoms with van der Waals surface area (Å²) in [5.41, 5.74) is 1.33. The molecule has 0 unspecified atom stereocenters. The molecule has 0 amide bonds. The summed E-state index contributed by atoms with van der Waals surface area (Å²) in [7, 11) is 0. The molecular weight excluding hydrogens is 248 g/mol. The molecule has 0 atom stereocenters. The summed E-state index contributed by atoms with van der Waals surface area (Å²) in [6, 6.07) is 12.4. The van der Waals surface area contributed by atoms with Gasteiger partial charge in [0.05, 0.1) is 0 Å². The maximum Gasteiger partial charge on any atom is 0.131 e. The van der Waals surface area contributed by atoms with E-state index in [-0.39, 0.29) is 0 Å². The van der Waals surface area contributed by atoms with Gasteiger partial charge in [0.2, 0.25) is 0 Å². The summed E-state index contributed by atoms with van der Waals surface area (Å²) in [4.78, 5) is 8.45. The van der Waals surface area contributed by atoms with Gasteiger partial charge < -0.3 is 10.6 Å². The van der Waals surface area contributed by atoms with Crippen molar-refractivity contribution in [1.29, 1.82) is 0 Å². The highest BCUT2D eigenvalue weighted by atomic mass is 15.1. The van der Waals surface area contributed by atoms with E-state index in [0.717, 1.165) is 31.1 Å². The lowest BCUT2D eigenvalue weighted by Gasteiger charge is -2.10. The Morgan fingerprint density at radius 1 is 1.00 bits per heavy atom. The topological polar surface area (TPSA) is 49.8 Å². The fourth-order valence-corrected chi connectivity index (χ4v) is 1.84. The van der Waals surface area contributed by atoms with Crippen LogP contribution < -0.4 is 10.6 Å². The number of anilines is 2. The Morgan fingerprint density at radius 2 is 1.70 bits per heavy atom. The van der Waals surface area contributed by atoms with Gasteiger partial charge in [0.25, 0.3) is 0 Å². The Morgan fingerprint density at radius 3 is 2.40 bits per heavy atom. The fourth-order valence-electron chi connectivity index (χ4n) is 1.84. The molecule has 0 bridgehead atoms. The van der Waals surface area contributed by atoms with E-state index in [0.29, 0.717) is 5.92 Å². The standard InChI is InChI=1S/C16H22N4/c1-13(2)11-18-16-10-15(19-12-20-16)17-9-8-14-6-4-3-5-7-14/h3-7,10,12-13H,8-9,11H2,1-2H3,(H2,17,18,19,20). The molecule has 4 nitrogen and oxygen atoms in total. The average molecular weight is 270 g/mol. The molecule has 0 radical (unpaired) electrons. The van der Waals surface area contributed by atoms with Crippen molar-refractivity contribution in [2.75, 3.05) is 23.7 Å². The Bertz CT molecular complexity index is 511. The van der Waals surface area contributed by atoms with Crippen LogP contribution in [0.4, 0.5) is 11.6 Å². The lowest BCUT2D eigenvalue weighted by atomic mass is 10.1. The highest BCUT2D eigenvalue weighted by molar-refractivity contribution is 5.46. The first-order valence-corrected chi connectivity index (χ1v) is 7.08. The Hall–Kier alpha value is -2.10. The van der Waals surface area contributed by atoms with Crippen LogP contribution in [0.2, 0.25) is 0 Å². The summed E-state index contributed by atoms with van der Waals surface area (Å²) in [6.07, 6.45) is 2.58. The van der Waals surface area contributed by atoms with Gasteiger partial charge in [0.1, 0.15) is 18.0 Å². The van der Waals surface area contributed by atoms with Gasteiger partial charge in [-0.1, -0.05) is 44.2 Å². The third kappa shape index (κ3) is 4.88. The van der Waals surface area contributed by atoms with Crippen molar-refractivity contribution < 1.29 is 0 Å². The predicted molar refractivity (Wildman–Crippen MR) is 84.0 cm³/mol.